The van der Waals surface area contributed by atoms with Crippen molar-refractivity contribution in [1.29, 1.82) is 5.26 Å². The lowest BCUT2D eigenvalue weighted by atomic mass is 9.83. The molecule has 0 spiro atoms. The SMILES string of the molecule is C=C(C)C(=O)OCCCN1/C(=C\C=C2/C(=O)N(CCO)C(=O)C(C#N)=C2C)C(C)(C)c2ccccc21. The minimum atomic E-state index is -0.696. The first-order valence-corrected chi connectivity index (χ1v) is 11.8. The van der Waals surface area contributed by atoms with Crippen LogP contribution in [-0.4, -0.2) is 54.1 Å². The molecule has 8 heteroatoms. The molecule has 2 heterocycles. The van der Waals surface area contributed by atoms with Gasteiger partial charge in [-0.2, -0.15) is 5.26 Å². The fourth-order valence-corrected chi connectivity index (χ4v) is 4.51. The van der Waals surface area contributed by atoms with Crippen molar-refractivity contribution in [3.8, 4) is 6.07 Å². The zero-order valence-corrected chi connectivity index (χ0v) is 21.1. The number of hydrogen-bond acceptors (Lipinski definition) is 7. The van der Waals surface area contributed by atoms with E-state index >= 15 is 0 Å². The summed E-state index contributed by atoms with van der Waals surface area (Å²) < 4.78 is 5.25. The van der Waals surface area contributed by atoms with Gasteiger partial charge in [0.15, 0.2) is 0 Å². The molecule has 3 rings (SSSR count). The van der Waals surface area contributed by atoms with E-state index in [2.05, 4.69) is 31.4 Å². The monoisotopic (exact) mass is 489 g/mol. The van der Waals surface area contributed by atoms with Gasteiger partial charge in [0.2, 0.25) is 0 Å². The van der Waals surface area contributed by atoms with Crippen molar-refractivity contribution in [2.75, 3.05) is 31.2 Å². The van der Waals surface area contributed by atoms with Crippen molar-refractivity contribution in [3.63, 3.8) is 0 Å². The first kappa shape index (κ1) is 26.6. The molecule has 1 N–H and O–H groups in total. The molecule has 188 valence electrons. The Hall–Kier alpha value is -3.96. The second-order valence-electron chi connectivity index (χ2n) is 9.29. The van der Waals surface area contributed by atoms with Gasteiger partial charge in [-0.3, -0.25) is 14.5 Å². The number of nitrogens with zero attached hydrogens (tertiary/aromatic N) is 3. The fraction of sp³-hybridized carbons (Fsp3) is 0.357. The van der Waals surface area contributed by atoms with Crippen molar-refractivity contribution in [2.45, 2.75) is 39.5 Å². The number of carbonyl (C=O) groups excluding carboxylic acids is 3. The van der Waals surface area contributed by atoms with Crippen LogP contribution in [-0.2, 0) is 24.5 Å². The highest BCUT2D eigenvalue weighted by Crippen LogP contribution is 2.47. The average Bonchev–Trinajstić information content (AvgIpc) is 3.05. The van der Waals surface area contributed by atoms with E-state index in [9.17, 15) is 24.8 Å². The van der Waals surface area contributed by atoms with Crippen LogP contribution >= 0.6 is 0 Å². The number of hydrogen-bond donors (Lipinski definition) is 1. The van der Waals surface area contributed by atoms with E-state index in [0.717, 1.165) is 21.8 Å². The number of aliphatic hydroxyl groups is 1. The summed E-state index contributed by atoms with van der Waals surface area (Å²) >= 11 is 0. The fourth-order valence-electron chi connectivity index (χ4n) is 4.51. The number of para-hydroxylation sites is 1. The minimum absolute atomic E-state index is 0.113. The summed E-state index contributed by atoms with van der Waals surface area (Å²) in [4.78, 5) is 40.4. The molecule has 1 aromatic carbocycles. The van der Waals surface area contributed by atoms with Gasteiger partial charge in [-0.1, -0.05) is 38.6 Å². The molecular formula is C28H31N3O5. The minimum Gasteiger partial charge on any atom is -0.462 e. The standard InChI is InChI=1S/C28H31N3O5/c1-18(2)27(35)36-16-8-13-30-23-10-7-6-9-22(23)28(4,5)24(30)12-11-20-19(3)21(17-29)26(34)31(14-15-32)25(20)33/h6-7,9-12,32H,1,8,13-16H2,2-5H3/b20-11-,24-12-. The number of anilines is 1. The molecule has 0 aliphatic carbocycles. The molecule has 0 saturated carbocycles. The number of fused-ring (bicyclic) bond motifs is 1. The summed E-state index contributed by atoms with van der Waals surface area (Å²) in [6.45, 7) is 11.2. The molecular weight excluding hydrogens is 458 g/mol. The number of ether oxygens (including phenoxy) is 1. The van der Waals surface area contributed by atoms with E-state index in [0.29, 0.717) is 24.1 Å². The van der Waals surface area contributed by atoms with Gasteiger partial charge in [-0.25, -0.2) is 4.79 Å². The van der Waals surface area contributed by atoms with Crippen LogP contribution in [0.15, 0.2) is 71.0 Å². The molecule has 2 amide bonds. The van der Waals surface area contributed by atoms with Crippen molar-refractivity contribution >= 4 is 23.5 Å². The molecule has 1 aromatic rings. The van der Waals surface area contributed by atoms with Gasteiger partial charge >= 0.3 is 5.97 Å². The van der Waals surface area contributed by atoms with Crippen LogP contribution in [0.3, 0.4) is 0 Å². The summed E-state index contributed by atoms with van der Waals surface area (Å²) in [6, 6.07) is 9.91. The molecule has 0 saturated heterocycles. The highest BCUT2D eigenvalue weighted by Gasteiger charge is 2.40. The van der Waals surface area contributed by atoms with E-state index in [-0.39, 0.29) is 24.3 Å². The number of nitriles is 1. The number of amides is 2. The summed E-state index contributed by atoms with van der Waals surface area (Å²) in [7, 11) is 0. The number of esters is 1. The van der Waals surface area contributed by atoms with Crippen LogP contribution in [0.25, 0.3) is 0 Å². The zero-order chi connectivity index (χ0) is 26.6. The Morgan fingerprint density at radius 1 is 1.17 bits per heavy atom. The second kappa shape index (κ2) is 10.8. The number of β-amino-alcohol motifs (C(OH)–C–C–N with tert-alkyl or cyclic N) is 1. The van der Waals surface area contributed by atoms with E-state index in [4.69, 9.17) is 4.74 Å². The predicted octanol–water partition coefficient (Wildman–Crippen LogP) is 3.31. The molecule has 0 fully saturated rings. The van der Waals surface area contributed by atoms with Gasteiger partial charge < -0.3 is 14.7 Å². The normalized spacial score (nSPS) is 19.1. The van der Waals surface area contributed by atoms with Crippen molar-refractivity contribution in [1.82, 2.24) is 4.90 Å². The predicted molar refractivity (Wildman–Crippen MR) is 135 cm³/mol. The third-order valence-electron chi connectivity index (χ3n) is 6.46. The molecule has 2 aliphatic rings. The summed E-state index contributed by atoms with van der Waals surface area (Å²) in [6.07, 6.45) is 4.06. The van der Waals surface area contributed by atoms with E-state index in [1.165, 1.54) is 0 Å². The van der Waals surface area contributed by atoms with Gasteiger partial charge in [-0.05, 0) is 49.6 Å². The van der Waals surface area contributed by atoms with Crippen LogP contribution in [0.4, 0.5) is 5.69 Å². The highest BCUT2D eigenvalue weighted by atomic mass is 16.5. The largest absolute Gasteiger partial charge is 0.462 e. The van der Waals surface area contributed by atoms with E-state index in [1.54, 1.807) is 19.9 Å². The summed E-state index contributed by atoms with van der Waals surface area (Å²) in [5.74, 6) is -1.67. The number of imide groups is 1. The molecule has 0 bridgehead atoms. The average molecular weight is 490 g/mol. The third-order valence-corrected chi connectivity index (χ3v) is 6.46. The van der Waals surface area contributed by atoms with E-state index in [1.807, 2.05) is 30.3 Å². The number of allylic oxidation sites excluding steroid dienone is 3. The Balaban J connectivity index is 2.00. The van der Waals surface area contributed by atoms with Gasteiger partial charge in [0, 0.05) is 34.5 Å². The Kier molecular flexibility index (Phi) is 7.96. The lowest BCUT2D eigenvalue weighted by molar-refractivity contribution is -0.141. The van der Waals surface area contributed by atoms with Gasteiger partial charge in [0.25, 0.3) is 11.8 Å². The highest BCUT2D eigenvalue weighted by molar-refractivity contribution is 6.18. The lowest BCUT2D eigenvalue weighted by Crippen LogP contribution is -2.44. The van der Waals surface area contributed by atoms with Gasteiger partial charge in [0.1, 0.15) is 11.6 Å². The number of benzene rings is 1. The van der Waals surface area contributed by atoms with Gasteiger partial charge in [-0.15, -0.1) is 0 Å². The number of aliphatic hydroxyl groups excluding tert-OH is 1. The van der Waals surface area contributed by atoms with E-state index < -0.39 is 29.8 Å². The topological polar surface area (TPSA) is 111 Å². The summed E-state index contributed by atoms with van der Waals surface area (Å²) in [5, 5.41) is 18.8. The first-order valence-electron chi connectivity index (χ1n) is 11.8. The summed E-state index contributed by atoms with van der Waals surface area (Å²) in [5.41, 5.74) is 3.45. The Bertz CT molecular complexity index is 1250. The maximum atomic E-state index is 13.1. The zero-order valence-electron chi connectivity index (χ0n) is 21.1. The number of rotatable bonds is 8. The molecule has 8 nitrogen and oxygen atoms in total. The maximum absolute atomic E-state index is 13.1. The second-order valence-corrected chi connectivity index (χ2v) is 9.29. The Morgan fingerprint density at radius 3 is 2.50 bits per heavy atom. The molecule has 0 aromatic heterocycles. The maximum Gasteiger partial charge on any atom is 0.333 e. The third kappa shape index (κ3) is 4.88. The lowest BCUT2D eigenvalue weighted by Gasteiger charge is -2.28. The first-order chi connectivity index (χ1) is 17.1. The quantitative estimate of drug-likeness (QED) is 0.258. The molecule has 0 radical (unpaired) electrons. The Labute approximate surface area is 211 Å². The van der Waals surface area contributed by atoms with Crippen molar-refractivity contribution < 1.29 is 24.2 Å². The Morgan fingerprint density at radius 2 is 1.86 bits per heavy atom. The smallest absolute Gasteiger partial charge is 0.333 e. The van der Waals surface area contributed by atoms with Crippen LogP contribution in [0.5, 0.6) is 0 Å². The molecule has 2 aliphatic heterocycles. The molecule has 0 atom stereocenters. The van der Waals surface area contributed by atoms with Crippen molar-refractivity contribution in [2.24, 2.45) is 0 Å². The van der Waals surface area contributed by atoms with Crippen LogP contribution in [0.2, 0.25) is 0 Å². The van der Waals surface area contributed by atoms with Crippen LogP contribution in [0, 0.1) is 11.3 Å². The van der Waals surface area contributed by atoms with Crippen LogP contribution < -0.4 is 4.90 Å². The van der Waals surface area contributed by atoms with Crippen molar-refractivity contribution in [3.05, 3.63) is 76.5 Å². The molecule has 0 unspecified atom stereocenters. The number of carbonyl (C=O) groups is 3. The molecule has 36 heavy (non-hydrogen) atoms. The van der Waals surface area contributed by atoms with Crippen LogP contribution in [0.1, 0.15) is 39.7 Å². The van der Waals surface area contributed by atoms with Gasteiger partial charge in [0.05, 0.1) is 19.8 Å².